The number of carbonyl (C=O) groups is 4. The zero-order chi connectivity index (χ0) is 22.1. The molecule has 10 heteroatoms. The number of nitrogens with zero attached hydrogens (tertiary/aromatic N) is 1. The first-order valence-corrected chi connectivity index (χ1v) is 10.1. The highest BCUT2D eigenvalue weighted by Gasteiger charge is 2.35. The molecule has 1 aliphatic rings. The summed E-state index contributed by atoms with van der Waals surface area (Å²) in [6, 6.07) is -1.70. The Labute approximate surface area is 171 Å². The molecule has 10 nitrogen and oxygen atoms in total. The predicted octanol–water partition coefficient (Wildman–Crippen LogP) is -0.320. The first-order chi connectivity index (χ1) is 13.5. The van der Waals surface area contributed by atoms with Gasteiger partial charge >= 0.3 is 0 Å². The molecule has 1 fully saturated rings. The van der Waals surface area contributed by atoms with E-state index in [1.54, 1.807) is 13.8 Å². The summed E-state index contributed by atoms with van der Waals surface area (Å²) in [6.45, 7) is 8.10. The Morgan fingerprint density at radius 2 is 1.86 bits per heavy atom. The molecular formula is C19H34N6O4. The third-order valence-electron chi connectivity index (χ3n) is 4.59. The quantitative estimate of drug-likeness (QED) is 0.245. The minimum absolute atomic E-state index is 0.0562. The summed E-state index contributed by atoms with van der Waals surface area (Å²) >= 11 is 0. The molecule has 164 valence electrons. The van der Waals surface area contributed by atoms with Gasteiger partial charge in [-0.2, -0.15) is 0 Å². The fourth-order valence-corrected chi connectivity index (χ4v) is 3.07. The zero-order valence-electron chi connectivity index (χ0n) is 17.7. The monoisotopic (exact) mass is 410 g/mol. The number of rotatable bonds is 10. The van der Waals surface area contributed by atoms with Crippen molar-refractivity contribution in [2.75, 3.05) is 13.1 Å². The maximum atomic E-state index is 12.8. The molecule has 0 bridgehead atoms. The van der Waals surface area contributed by atoms with E-state index in [4.69, 9.17) is 11.1 Å². The van der Waals surface area contributed by atoms with E-state index in [9.17, 15) is 19.2 Å². The Morgan fingerprint density at radius 3 is 2.41 bits per heavy atom. The number of Topliss-reactive ketones (excluding diaryl/α,β-unsaturated/α-hetero) is 1. The highest BCUT2D eigenvalue weighted by atomic mass is 16.2. The van der Waals surface area contributed by atoms with Crippen LogP contribution in [0, 0.1) is 17.2 Å². The molecule has 0 aliphatic carbocycles. The number of hydrazine groups is 1. The van der Waals surface area contributed by atoms with Crippen molar-refractivity contribution in [3.63, 3.8) is 0 Å². The van der Waals surface area contributed by atoms with Crippen LogP contribution in [0.2, 0.25) is 0 Å². The summed E-state index contributed by atoms with van der Waals surface area (Å²) in [7, 11) is 0. The van der Waals surface area contributed by atoms with Crippen molar-refractivity contribution in [3.8, 4) is 0 Å². The second-order valence-corrected chi connectivity index (χ2v) is 8.04. The van der Waals surface area contributed by atoms with Gasteiger partial charge in [-0.15, -0.1) is 0 Å². The molecule has 0 aromatic carbocycles. The maximum absolute atomic E-state index is 12.8. The van der Waals surface area contributed by atoms with Gasteiger partial charge in [0.15, 0.2) is 5.84 Å². The standard InChI is InChI=1S/C19H34N6O4/c1-11(2)10-14(26)22-9-7-15(27)25-13(6-5-8-23-25)19(29)24-16(12(3)4)17(28)18(20)21/h11-13,16,23H,5-10H2,1-4H3,(H3,20,21)(H,22,26)(H,24,29)/t13-,16+/m0/s1. The number of amidine groups is 1. The number of carbonyl (C=O) groups excluding carboxylic acids is 4. The molecule has 2 atom stereocenters. The van der Waals surface area contributed by atoms with E-state index in [1.165, 1.54) is 5.01 Å². The van der Waals surface area contributed by atoms with E-state index >= 15 is 0 Å². The fourth-order valence-electron chi connectivity index (χ4n) is 3.07. The minimum Gasteiger partial charge on any atom is -0.381 e. The Morgan fingerprint density at radius 1 is 1.21 bits per heavy atom. The van der Waals surface area contributed by atoms with Gasteiger partial charge in [-0.05, 0) is 24.7 Å². The van der Waals surface area contributed by atoms with Gasteiger partial charge in [0, 0.05) is 25.9 Å². The van der Waals surface area contributed by atoms with E-state index in [-0.39, 0.29) is 36.6 Å². The van der Waals surface area contributed by atoms with Gasteiger partial charge in [0.1, 0.15) is 6.04 Å². The van der Waals surface area contributed by atoms with Gasteiger partial charge in [-0.25, -0.2) is 5.43 Å². The molecule has 1 rings (SSSR count). The first kappa shape index (κ1) is 24.5. The van der Waals surface area contributed by atoms with Crippen LogP contribution in [0.1, 0.15) is 53.4 Å². The molecule has 0 unspecified atom stereocenters. The molecule has 0 radical (unpaired) electrons. The summed E-state index contributed by atoms with van der Waals surface area (Å²) in [6.07, 6.45) is 1.59. The third-order valence-corrected chi connectivity index (χ3v) is 4.59. The molecule has 0 aromatic rings. The van der Waals surface area contributed by atoms with Crippen LogP contribution >= 0.6 is 0 Å². The molecule has 6 N–H and O–H groups in total. The lowest BCUT2D eigenvalue weighted by Gasteiger charge is -2.36. The third kappa shape index (κ3) is 7.80. The summed E-state index contributed by atoms with van der Waals surface area (Å²) in [4.78, 5) is 49.2. The highest BCUT2D eigenvalue weighted by molar-refractivity contribution is 6.39. The lowest BCUT2D eigenvalue weighted by Crippen LogP contribution is -2.61. The second-order valence-electron chi connectivity index (χ2n) is 8.04. The topological polar surface area (TPSA) is 157 Å². The molecule has 0 spiro atoms. The van der Waals surface area contributed by atoms with Crippen molar-refractivity contribution >= 4 is 29.3 Å². The first-order valence-electron chi connectivity index (χ1n) is 10.1. The summed E-state index contributed by atoms with van der Waals surface area (Å²) in [5.74, 6) is -2.19. The zero-order valence-corrected chi connectivity index (χ0v) is 17.7. The van der Waals surface area contributed by atoms with Crippen LogP contribution in [0.4, 0.5) is 0 Å². The molecule has 1 heterocycles. The molecular weight excluding hydrogens is 376 g/mol. The molecule has 3 amide bonds. The number of nitrogens with one attached hydrogen (secondary N) is 4. The van der Waals surface area contributed by atoms with Crippen molar-refractivity contribution in [2.24, 2.45) is 17.6 Å². The summed E-state index contributed by atoms with van der Waals surface area (Å²) in [5, 5.41) is 14.0. The van der Waals surface area contributed by atoms with Gasteiger partial charge in [-0.1, -0.05) is 27.7 Å². The molecule has 0 saturated carbocycles. The molecule has 1 saturated heterocycles. The molecule has 0 aromatic heterocycles. The predicted molar refractivity (Wildman–Crippen MR) is 109 cm³/mol. The van der Waals surface area contributed by atoms with Gasteiger partial charge in [0.25, 0.3) is 0 Å². The van der Waals surface area contributed by atoms with Gasteiger partial charge in [-0.3, -0.25) is 29.6 Å². The molecule has 1 aliphatic heterocycles. The van der Waals surface area contributed by atoms with E-state index in [2.05, 4.69) is 16.1 Å². The SMILES string of the molecule is CC(C)CC(=O)NCCC(=O)N1NCCC[C@H]1C(=O)N[C@@H](C(=O)C(=N)N)C(C)C. The van der Waals surface area contributed by atoms with Crippen LogP contribution < -0.4 is 21.8 Å². The van der Waals surface area contributed by atoms with Crippen LogP contribution in [0.3, 0.4) is 0 Å². The largest absolute Gasteiger partial charge is 0.381 e. The second kappa shape index (κ2) is 11.5. The van der Waals surface area contributed by atoms with Crippen molar-refractivity contribution < 1.29 is 19.2 Å². The van der Waals surface area contributed by atoms with Crippen LogP contribution in [0.5, 0.6) is 0 Å². The van der Waals surface area contributed by atoms with Crippen LogP contribution in [0.15, 0.2) is 0 Å². The van der Waals surface area contributed by atoms with Crippen molar-refractivity contribution in [1.29, 1.82) is 5.41 Å². The number of ketones is 1. The normalized spacial score (nSPS) is 17.7. The van der Waals surface area contributed by atoms with Gasteiger partial charge in [0.2, 0.25) is 23.5 Å². The van der Waals surface area contributed by atoms with E-state index in [0.717, 1.165) is 0 Å². The number of hydrogen-bond donors (Lipinski definition) is 5. The van der Waals surface area contributed by atoms with E-state index < -0.39 is 29.6 Å². The highest BCUT2D eigenvalue weighted by Crippen LogP contribution is 2.14. The van der Waals surface area contributed by atoms with Crippen LogP contribution in [-0.4, -0.2) is 59.5 Å². The Bertz CT molecular complexity index is 634. The fraction of sp³-hybridized carbons (Fsp3) is 0.737. The summed E-state index contributed by atoms with van der Waals surface area (Å²) in [5.41, 5.74) is 8.22. The number of amides is 3. The average Bonchev–Trinajstić information content (AvgIpc) is 2.64. The van der Waals surface area contributed by atoms with E-state index in [0.29, 0.717) is 25.8 Å². The summed E-state index contributed by atoms with van der Waals surface area (Å²) < 4.78 is 0. The van der Waals surface area contributed by atoms with Crippen LogP contribution in [0.25, 0.3) is 0 Å². The lowest BCUT2D eigenvalue weighted by molar-refractivity contribution is -0.147. The lowest BCUT2D eigenvalue weighted by atomic mass is 9.98. The number of nitrogens with two attached hydrogens (primary N) is 1. The van der Waals surface area contributed by atoms with Crippen molar-refractivity contribution in [1.82, 2.24) is 21.1 Å². The maximum Gasteiger partial charge on any atom is 0.245 e. The Kier molecular flexibility index (Phi) is 9.73. The number of hydrogen-bond acceptors (Lipinski definition) is 6. The van der Waals surface area contributed by atoms with Crippen LogP contribution in [-0.2, 0) is 19.2 Å². The van der Waals surface area contributed by atoms with Crippen molar-refractivity contribution in [2.45, 2.75) is 65.5 Å². The average molecular weight is 411 g/mol. The van der Waals surface area contributed by atoms with Gasteiger partial charge in [0.05, 0.1) is 6.04 Å². The minimum atomic E-state index is -0.922. The Balaban J connectivity index is 2.71. The van der Waals surface area contributed by atoms with Gasteiger partial charge < -0.3 is 16.4 Å². The van der Waals surface area contributed by atoms with Crippen molar-refractivity contribution in [3.05, 3.63) is 0 Å². The Hall–Kier alpha value is -2.49. The van der Waals surface area contributed by atoms with E-state index in [1.807, 2.05) is 13.8 Å². The smallest absolute Gasteiger partial charge is 0.245 e. The molecule has 29 heavy (non-hydrogen) atoms.